The molecule has 1 saturated heterocycles. The smallest absolute Gasteiger partial charge is 0.330 e. The molecule has 3 N–H and O–H groups in total. The fraction of sp³-hybridized carbons (Fsp3) is 0.375. The third kappa shape index (κ3) is 4.42. The molecular formula is C16H18N4O8S. The number of sulfonamides is 1. The minimum absolute atomic E-state index is 0.0231. The molecule has 0 saturated carbocycles. The molecule has 12 nitrogen and oxygen atoms in total. The zero-order valence-corrected chi connectivity index (χ0v) is 16.0. The number of benzene rings is 1. The van der Waals surface area contributed by atoms with Crippen LogP contribution >= 0.6 is 0 Å². The number of hydrogen-bond acceptors (Lipinski definition) is 8. The summed E-state index contributed by atoms with van der Waals surface area (Å²) in [6.45, 7) is 1.23. The number of aromatic amines is 1. The molecule has 1 aliphatic heterocycles. The number of aliphatic hydroxyl groups is 1. The van der Waals surface area contributed by atoms with Crippen LogP contribution in [0.1, 0.15) is 18.2 Å². The molecule has 0 spiro atoms. The van der Waals surface area contributed by atoms with Crippen LogP contribution in [0.25, 0.3) is 0 Å². The van der Waals surface area contributed by atoms with Gasteiger partial charge in [-0.05, 0) is 19.1 Å². The molecule has 13 heteroatoms. The SMILES string of the molecule is Cc1cn([C@H]2C[C@H](O)[C@@H](CNS(=O)(=O)c3ccc([N+](=O)[O-])cc3)O2)c(=O)[nH]c1=O. The summed E-state index contributed by atoms with van der Waals surface area (Å²) < 4.78 is 33.7. The van der Waals surface area contributed by atoms with Crippen molar-refractivity contribution in [1.82, 2.24) is 14.3 Å². The molecule has 0 aliphatic carbocycles. The number of H-pyrrole nitrogens is 1. The van der Waals surface area contributed by atoms with Crippen LogP contribution in [-0.4, -0.2) is 46.8 Å². The summed E-state index contributed by atoms with van der Waals surface area (Å²) in [6.07, 6.45) is -1.54. The van der Waals surface area contributed by atoms with E-state index in [9.17, 15) is 33.2 Å². The van der Waals surface area contributed by atoms with Crippen LogP contribution in [0.4, 0.5) is 5.69 Å². The van der Waals surface area contributed by atoms with E-state index in [2.05, 4.69) is 9.71 Å². The normalized spacial score (nSPS) is 21.9. The quantitative estimate of drug-likeness (QED) is 0.405. The van der Waals surface area contributed by atoms with Crippen LogP contribution < -0.4 is 16.0 Å². The average Bonchev–Trinajstić information content (AvgIpc) is 3.03. The highest BCUT2D eigenvalue weighted by molar-refractivity contribution is 7.89. The first-order valence-corrected chi connectivity index (χ1v) is 9.96. The third-order valence-electron chi connectivity index (χ3n) is 4.49. The van der Waals surface area contributed by atoms with Gasteiger partial charge in [-0.15, -0.1) is 0 Å². The summed E-state index contributed by atoms with van der Waals surface area (Å²) in [7, 11) is -4.00. The van der Waals surface area contributed by atoms with Gasteiger partial charge in [0.1, 0.15) is 6.23 Å². The molecule has 1 aromatic heterocycles. The number of rotatable bonds is 6. The van der Waals surface area contributed by atoms with E-state index in [-0.39, 0.29) is 29.1 Å². The fourth-order valence-electron chi connectivity index (χ4n) is 2.89. The molecule has 3 atom stereocenters. The average molecular weight is 426 g/mol. The summed E-state index contributed by atoms with van der Waals surface area (Å²) in [5.41, 5.74) is -1.20. The lowest BCUT2D eigenvalue weighted by Crippen LogP contribution is -2.37. The molecule has 1 aliphatic rings. The lowest BCUT2D eigenvalue weighted by atomic mass is 10.2. The second kappa shape index (κ2) is 7.87. The Bertz CT molecular complexity index is 1140. The van der Waals surface area contributed by atoms with Crippen molar-refractivity contribution in [1.29, 1.82) is 0 Å². The Morgan fingerprint density at radius 1 is 1.34 bits per heavy atom. The molecule has 1 aromatic carbocycles. The van der Waals surface area contributed by atoms with Crippen molar-refractivity contribution < 1.29 is 23.2 Å². The molecule has 2 aromatic rings. The van der Waals surface area contributed by atoms with Gasteiger partial charge in [-0.1, -0.05) is 0 Å². The lowest BCUT2D eigenvalue weighted by molar-refractivity contribution is -0.384. The van der Waals surface area contributed by atoms with E-state index in [0.29, 0.717) is 0 Å². The highest BCUT2D eigenvalue weighted by atomic mass is 32.2. The van der Waals surface area contributed by atoms with Crippen LogP contribution in [0.15, 0.2) is 44.9 Å². The number of hydrogen-bond donors (Lipinski definition) is 3. The van der Waals surface area contributed by atoms with E-state index in [1.165, 1.54) is 13.1 Å². The molecule has 3 rings (SSSR count). The third-order valence-corrected chi connectivity index (χ3v) is 5.93. The summed E-state index contributed by atoms with van der Waals surface area (Å²) in [5, 5.41) is 20.8. The Balaban J connectivity index is 1.69. The molecule has 0 unspecified atom stereocenters. The minimum atomic E-state index is -4.00. The van der Waals surface area contributed by atoms with Gasteiger partial charge in [0.2, 0.25) is 10.0 Å². The van der Waals surface area contributed by atoms with Crippen molar-refractivity contribution in [2.75, 3.05) is 6.54 Å². The Labute approximate surface area is 164 Å². The topological polar surface area (TPSA) is 174 Å². The first-order valence-electron chi connectivity index (χ1n) is 8.48. The predicted molar refractivity (Wildman–Crippen MR) is 98.9 cm³/mol. The molecule has 0 bridgehead atoms. The van der Waals surface area contributed by atoms with Gasteiger partial charge >= 0.3 is 5.69 Å². The highest BCUT2D eigenvalue weighted by Gasteiger charge is 2.36. The van der Waals surface area contributed by atoms with E-state index >= 15 is 0 Å². The number of ether oxygens (including phenoxy) is 1. The second-order valence-electron chi connectivity index (χ2n) is 6.51. The monoisotopic (exact) mass is 426 g/mol. The number of nitro groups is 1. The zero-order valence-electron chi connectivity index (χ0n) is 15.1. The number of nitro benzene ring substituents is 1. The van der Waals surface area contributed by atoms with Gasteiger partial charge in [0.25, 0.3) is 11.2 Å². The Hall–Kier alpha value is -2.87. The van der Waals surface area contributed by atoms with Gasteiger partial charge in [0, 0.05) is 36.9 Å². The maximum absolute atomic E-state index is 12.4. The molecule has 0 radical (unpaired) electrons. The minimum Gasteiger partial charge on any atom is -0.390 e. The number of non-ortho nitro benzene ring substituents is 1. The fourth-order valence-corrected chi connectivity index (χ4v) is 3.94. The second-order valence-corrected chi connectivity index (χ2v) is 8.28. The number of nitrogens with zero attached hydrogens (tertiary/aromatic N) is 2. The molecule has 2 heterocycles. The van der Waals surface area contributed by atoms with Gasteiger partial charge < -0.3 is 9.84 Å². The number of aryl methyl sites for hydroxylation is 1. The van der Waals surface area contributed by atoms with Crippen LogP contribution in [-0.2, 0) is 14.8 Å². The van der Waals surface area contributed by atoms with E-state index in [1.807, 2.05) is 0 Å². The molecule has 156 valence electrons. The predicted octanol–water partition coefficient (Wildman–Crippen LogP) is -0.620. The van der Waals surface area contributed by atoms with E-state index < -0.39 is 44.6 Å². The summed E-state index contributed by atoms with van der Waals surface area (Å²) in [4.78, 5) is 35.4. The van der Waals surface area contributed by atoms with Crippen molar-refractivity contribution >= 4 is 15.7 Å². The summed E-state index contributed by atoms with van der Waals surface area (Å²) in [5.74, 6) is 0. The van der Waals surface area contributed by atoms with Gasteiger partial charge in [0.05, 0.1) is 22.0 Å². The van der Waals surface area contributed by atoms with Crippen LogP contribution in [0, 0.1) is 17.0 Å². The Kier molecular flexibility index (Phi) is 5.66. The van der Waals surface area contributed by atoms with Gasteiger partial charge in [-0.25, -0.2) is 17.9 Å². The van der Waals surface area contributed by atoms with Crippen LogP contribution in [0.5, 0.6) is 0 Å². The van der Waals surface area contributed by atoms with Crippen molar-refractivity contribution in [3.05, 3.63) is 67.0 Å². The van der Waals surface area contributed by atoms with Crippen molar-refractivity contribution in [3.8, 4) is 0 Å². The Morgan fingerprint density at radius 2 is 2.00 bits per heavy atom. The van der Waals surface area contributed by atoms with Crippen molar-refractivity contribution in [2.24, 2.45) is 0 Å². The number of aliphatic hydroxyl groups excluding tert-OH is 1. The van der Waals surface area contributed by atoms with E-state index in [4.69, 9.17) is 4.74 Å². The molecule has 0 amide bonds. The number of aromatic nitrogens is 2. The Morgan fingerprint density at radius 3 is 2.62 bits per heavy atom. The van der Waals surface area contributed by atoms with E-state index in [0.717, 1.165) is 28.8 Å². The van der Waals surface area contributed by atoms with Crippen molar-refractivity contribution in [3.63, 3.8) is 0 Å². The zero-order chi connectivity index (χ0) is 21.3. The summed E-state index contributed by atoms with van der Waals surface area (Å²) >= 11 is 0. The maximum Gasteiger partial charge on any atom is 0.330 e. The molecular weight excluding hydrogens is 408 g/mol. The largest absolute Gasteiger partial charge is 0.390 e. The first kappa shape index (κ1) is 20.9. The standard InChI is InChI=1S/C16H18N4O8S/c1-9-8-19(16(23)18-15(9)22)14-6-12(21)13(28-14)7-17-29(26,27)11-4-2-10(3-5-11)20(24)25/h2-5,8,12-14,17,21H,6-7H2,1H3,(H,18,22,23)/t12-,13+,14+/m0/s1. The molecule has 29 heavy (non-hydrogen) atoms. The number of nitrogens with one attached hydrogen (secondary N) is 2. The lowest BCUT2D eigenvalue weighted by Gasteiger charge is -2.17. The van der Waals surface area contributed by atoms with Gasteiger partial charge in [-0.3, -0.25) is 24.5 Å². The van der Waals surface area contributed by atoms with Crippen LogP contribution in [0.2, 0.25) is 0 Å². The van der Waals surface area contributed by atoms with Crippen LogP contribution in [0.3, 0.4) is 0 Å². The van der Waals surface area contributed by atoms with Gasteiger partial charge in [-0.2, -0.15) is 0 Å². The maximum atomic E-state index is 12.4. The highest BCUT2D eigenvalue weighted by Crippen LogP contribution is 2.27. The van der Waals surface area contributed by atoms with Gasteiger partial charge in [0.15, 0.2) is 0 Å². The summed E-state index contributed by atoms with van der Waals surface area (Å²) in [6, 6.07) is 4.32. The van der Waals surface area contributed by atoms with Crippen molar-refractivity contribution in [2.45, 2.75) is 36.7 Å². The van der Waals surface area contributed by atoms with E-state index in [1.54, 1.807) is 0 Å². The first-order chi connectivity index (χ1) is 13.6. The molecule has 1 fully saturated rings.